The van der Waals surface area contributed by atoms with Crippen LogP contribution in [0.4, 0.5) is 5.69 Å². The Balaban J connectivity index is 1.64. The minimum atomic E-state index is -0.338. The van der Waals surface area contributed by atoms with Gasteiger partial charge in [0.2, 0.25) is 0 Å². The maximum atomic E-state index is 13.0. The van der Waals surface area contributed by atoms with Gasteiger partial charge in [0.1, 0.15) is 0 Å². The van der Waals surface area contributed by atoms with E-state index < -0.39 is 0 Å². The van der Waals surface area contributed by atoms with Crippen LogP contribution in [-0.4, -0.2) is 15.7 Å². The number of carbonyl (C=O) groups is 1. The number of hydrogen-bond acceptors (Lipinski definition) is 5. The van der Waals surface area contributed by atoms with Crippen molar-refractivity contribution in [3.05, 3.63) is 87.0 Å². The van der Waals surface area contributed by atoms with E-state index in [2.05, 4.69) is 27.2 Å². The van der Waals surface area contributed by atoms with Gasteiger partial charge >= 0.3 is 0 Å². The molecule has 0 atom stereocenters. The number of hydrogen-bond donors (Lipinski definition) is 1. The molecule has 0 aliphatic carbocycles. The van der Waals surface area contributed by atoms with Gasteiger partial charge in [0.15, 0.2) is 5.69 Å². The van der Waals surface area contributed by atoms with Crippen LogP contribution < -0.4 is 10.9 Å². The zero-order valence-corrected chi connectivity index (χ0v) is 16.7. The fourth-order valence-electron chi connectivity index (χ4n) is 2.88. The standard InChI is InChI=1S/C21H17N3O2S2/c1-24-21(26)16-7-3-2-6-15(16)19(23-24)20(25)22-17-8-4-5-9-18(17)28-13-14-10-11-27-12-14/h2-12H,13H2,1H3,(H,22,25). The molecule has 7 heteroatoms. The molecule has 0 spiro atoms. The topological polar surface area (TPSA) is 64.0 Å². The molecule has 140 valence electrons. The molecule has 0 unspecified atom stereocenters. The number of fused-ring (bicyclic) bond motifs is 1. The van der Waals surface area contributed by atoms with Crippen molar-refractivity contribution in [1.29, 1.82) is 0 Å². The quantitative estimate of drug-likeness (QED) is 0.493. The van der Waals surface area contributed by atoms with E-state index in [1.165, 1.54) is 10.2 Å². The van der Waals surface area contributed by atoms with Crippen molar-refractivity contribution in [2.75, 3.05) is 5.32 Å². The van der Waals surface area contributed by atoms with Crippen LogP contribution in [0, 0.1) is 0 Å². The van der Waals surface area contributed by atoms with E-state index >= 15 is 0 Å². The third-order valence-electron chi connectivity index (χ3n) is 4.28. The number of carbonyl (C=O) groups excluding carboxylic acids is 1. The Morgan fingerprint density at radius 3 is 2.64 bits per heavy atom. The molecule has 28 heavy (non-hydrogen) atoms. The van der Waals surface area contributed by atoms with Gasteiger partial charge in [-0.15, -0.1) is 11.8 Å². The molecule has 1 N–H and O–H groups in total. The van der Waals surface area contributed by atoms with E-state index in [4.69, 9.17) is 0 Å². The average molecular weight is 408 g/mol. The lowest BCUT2D eigenvalue weighted by molar-refractivity contribution is 0.102. The smallest absolute Gasteiger partial charge is 0.276 e. The zero-order valence-electron chi connectivity index (χ0n) is 15.1. The molecule has 0 bridgehead atoms. The Bertz CT molecular complexity index is 1200. The van der Waals surface area contributed by atoms with Crippen LogP contribution in [0.1, 0.15) is 16.1 Å². The van der Waals surface area contributed by atoms with Gasteiger partial charge in [-0.05, 0) is 40.6 Å². The molecule has 0 aliphatic heterocycles. The van der Waals surface area contributed by atoms with Gasteiger partial charge in [-0.1, -0.05) is 30.3 Å². The summed E-state index contributed by atoms with van der Waals surface area (Å²) in [5, 5.41) is 12.4. The fraction of sp³-hybridized carbons (Fsp3) is 0.0952. The maximum absolute atomic E-state index is 13.0. The number of rotatable bonds is 5. The fourth-order valence-corrected chi connectivity index (χ4v) is 4.61. The first-order valence-corrected chi connectivity index (χ1v) is 10.6. The molecule has 0 aliphatic rings. The van der Waals surface area contributed by atoms with E-state index in [1.807, 2.05) is 24.3 Å². The molecule has 0 saturated heterocycles. The van der Waals surface area contributed by atoms with Crippen LogP contribution in [0.2, 0.25) is 0 Å². The van der Waals surface area contributed by atoms with Crippen molar-refractivity contribution < 1.29 is 4.79 Å². The summed E-state index contributed by atoms with van der Waals surface area (Å²) in [6.07, 6.45) is 0. The lowest BCUT2D eigenvalue weighted by atomic mass is 10.1. The molecule has 2 heterocycles. The highest BCUT2D eigenvalue weighted by molar-refractivity contribution is 7.98. The van der Waals surface area contributed by atoms with E-state index in [0.717, 1.165) is 16.3 Å². The zero-order chi connectivity index (χ0) is 19.5. The monoisotopic (exact) mass is 407 g/mol. The van der Waals surface area contributed by atoms with Crippen molar-refractivity contribution in [3.63, 3.8) is 0 Å². The summed E-state index contributed by atoms with van der Waals surface area (Å²) in [7, 11) is 1.55. The van der Waals surface area contributed by atoms with Gasteiger partial charge < -0.3 is 5.32 Å². The van der Waals surface area contributed by atoms with Crippen LogP contribution in [0.25, 0.3) is 10.8 Å². The summed E-state index contributed by atoms with van der Waals surface area (Å²) in [6.45, 7) is 0. The molecule has 2 aromatic carbocycles. The molecule has 4 aromatic rings. The minimum Gasteiger partial charge on any atom is -0.320 e. The number of aryl methyl sites for hydroxylation is 1. The lowest BCUT2D eigenvalue weighted by Gasteiger charge is -2.12. The van der Waals surface area contributed by atoms with Crippen LogP contribution >= 0.6 is 23.1 Å². The number of para-hydroxylation sites is 1. The molecular formula is C21H17N3O2S2. The first-order valence-electron chi connectivity index (χ1n) is 8.64. The number of nitrogens with zero attached hydrogens (tertiary/aromatic N) is 2. The second-order valence-electron chi connectivity index (χ2n) is 6.19. The summed E-state index contributed by atoms with van der Waals surface area (Å²) in [5.41, 5.74) is 1.99. The molecule has 4 rings (SSSR count). The van der Waals surface area contributed by atoms with Crippen molar-refractivity contribution >= 4 is 45.5 Å². The van der Waals surface area contributed by atoms with Gasteiger partial charge in [0, 0.05) is 23.1 Å². The summed E-state index contributed by atoms with van der Waals surface area (Å²) < 4.78 is 1.20. The van der Waals surface area contributed by atoms with Crippen LogP contribution in [0.5, 0.6) is 0 Å². The average Bonchev–Trinajstić information content (AvgIpc) is 3.23. The normalized spacial score (nSPS) is 10.9. The molecule has 5 nitrogen and oxygen atoms in total. The Morgan fingerprint density at radius 1 is 1.11 bits per heavy atom. The largest absolute Gasteiger partial charge is 0.320 e. The van der Waals surface area contributed by atoms with Gasteiger partial charge in [0.05, 0.1) is 11.1 Å². The highest BCUT2D eigenvalue weighted by Gasteiger charge is 2.17. The number of aromatic nitrogens is 2. The number of nitrogens with one attached hydrogen (secondary N) is 1. The molecule has 1 amide bonds. The molecule has 0 radical (unpaired) electrons. The summed E-state index contributed by atoms with van der Waals surface area (Å²) in [4.78, 5) is 26.2. The summed E-state index contributed by atoms with van der Waals surface area (Å²) in [6, 6.07) is 16.8. The third-order valence-corrected chi connectivity index (χ3v) is 6.16. The van der Waals surface area contributed by atoms with Gasteiger partial charge in [-0.2, -0.15) is 16.4 Å². The molecule has 0 saturated carbocycles. The Hall–Kier alpha value is -2.90. The summed E-state index contributed by atoms with van der Waals surface area (Å²) in [5.74, 6) is 0.493. The van der Waals surface area contributed by atoms with Crippen molar-refractivity contribution in [1.82, 2.24) is 9.78 Å². The SMILES string of the molecule is Cn1nc(C(=O)Nc2ccccc2SCc2ccsc2)c2ccccc2c1=O. The highest BCUT2D eigenvalue weighted by Crippen LogP contribution is 2.30. The van der Waals surface area contributed by atoms with Crippen LogP contribution in [0.3, 0.4) is 0 Å². The van der Waals surface area contributed by atoms with Gasteiger partial charge in [-0.25, -0.2) is 4.68 Å². The number of thioether (sulfide) groups is 1. The number of thiophene rings is 1. The first-order chi connectivity index (χ1) is 13.6. The van der Waals surface area contributed by atoms with E-state index in [1.54, 1.807) is 54.4 Å². The molecular weight excluding hydrogens is 390 g/mol. The number of amides is 1. The van der Waals surface area contributed by atoms with E-state index in [9.17, 15) is 9.59 Å². The first kappa shape index (κ1) is 18.5. The van der Waals surface area contributed by atoms with Crippen LogP contribution in [-0.2, 0) is 12.8 Å². The maximum Gasteiger partial charge on any atom is 0.276 e. The summed E-state index contributed by atoms with van der Waals surface area (Å²) >= 11 is 3.34. The minimum absolute atomic E-state index is 0.223. The Kier molecular flexibility index (Phi) is 5.27. The number of benzene rings is 2. The Labute approximate surface area is 170 Å². The van der Waals surface area contributed by atoms with Crippen molar-refractivity contribution in [2.45, 2.75) is 10.6 Å². The van der Waals surface area contributed by atoms with Crippen LogP contribution in [0.15, 0.2) is 75.0 Å². The molecule has 0 fully saturated rings. The lowest BCUT2D eigenvalue weighted by Crippen LogP contribution is -2.25. The predicted molar refractivity (Wildman–Crippen MR) is 115 cm³/mol. The van der Waals surface area contributed by atoms with Gasteiger partial charge in [-0.3, -0.25) is 9.59 Å². The van der Waals surface area contributed by atoms with Gasteiger partial charge in [0.25, 0.3) is 11.5 Å². The third kappa shape index (κ3) is 3.72. The number of anilines is 1. The second-order valence-corrected chi connectivity index (χ2v) is 7.99. The van der Waals surface area contributed by atoms with Crippen molar-refractivity contribution in [3.8, 4) is 0 Å². The highest BCUT2D eigenvalue weighted by atomic mass is 32.2. The predicted octanol–water partition coefficient (Wildman–Crippen LogP) is 4.54. The second kappa shape index (κ2) is 8.00. The van der Waals surface area contributed by atoms with E-state index in [0.29, 0.717) is 10.8 Å². The Morgan fingerprint density at radius 2 is 1.86 bits per heavy atom. The van der Waals surface area contributed by atoms with E-state index in [-0.39, 0.29) is 17.2 Å². The molecule has 2 aromatic heterocycles. The van der Waals surface area contributed by atoms with Crippen molar-refractivity contribution in [2.24, 2.45) is 7.05 Å².